The third-order valence-electron chi connectivity index (χ3n) is 3.51. The van der Waals surface area contributed by atoms with E-state index in [9.17, 15) is 15.3 Å². The van der Waals surface area contributed by atoms with Crippen LogP contribution in [-0.2, 0) is 4.74 Å². The van der Waals surface area contributed by atoms with Crippen molar-refractivity contribution < 1.29 is 25.2 Å². The number of hydrogen-bond acceptors (Lipinski definition) is 8. The average molecular weight is 282 g/mol. The Morgan fingerprint density at radius 2 is 2.20 bits per heavy atom. The van der Waals surface area contributed by atoms with Crippen LogP contribution in [0.3, 0.4) is 0 Å². The van der Waals surface area contributed by atoms with Gasteiger partial charge in [0, 0.05) is 0 Å². The molecule has 1 fully saturated rings. The summed E-state index contributed by atoms with van der Waals surface area (Å²) in [6, 6.07) is 0. The molecule has 0 aliphatic carbocycles. The highest BCUT2D eigenvalue weighted by Crippen LogP contribution is 2.40. The molecular formula is C11H14N4O5. The summed E-state index contributed by atoms with van der Waals surface area (Å²) >= 11 is 0. The molecule has 0 spiro atoms. The van der Waals surface area contributed by atoms with E-state index < -0.39 is 30.5 Å². The van der Waals surface area contributed by atoms with E-state index in [1.54, 1.807) is 0 Å². The van der Waals surface area contributed by atoms with Crippen molar-refractivity contribution in [3.63, 3.8) is 0 Å². The van der Waals surface area contributed by atoms with Gasteiger partial charge in [-0.25, -0.2) is 9.97 Å². The molecule has 9 nitrogen and oxygen atoms in total. The molecule has 5 N–H and O–H groups in total. The Hall–Kier alpha value is -1.81. The summed E-state index contributed by atoms with van der Waals surface area (Å²) in [5.41, 5.74) is -1.21. The zero-order chi connectivity index (χ0) is 14.5. The van der Waals surface area contributed by atoms with Gasteiger partial charge in [0.2, 0.25) is 5.88 Å². The second-order valence-corrected chi connectivity index (χ2v) is 4.93. The molecule has 1 saturated heterocycles. The van der Waals surface area contributed by atoms with Crippen LogP contribution in [0.15, 0.2) is 6.33 Å². The van der Waals surface area contributed by atoms with Crippen molar-refractivity contribution in [2.24, 2.45) is 0 Å². The minimum Gasteiger partial charge on any atom is -0.492 e. The minimum atomic E-state index is -1.63. The fourth-order valence-electron chi connectivity index (χ4n) is 2.36. The van der Waals surface area contributed by atoms with E-state index in [0.717, 1.165) is 6.33 Å². The number of ether oxygens (including phenoxy) is 1. The van der Waals surface area contributed by atoms with Gasteiger partial charge < -0.3 is 30.1 Å². The van der Waals surface area contributed by atoms with Crippen LogP contribution in [0.4, 0.5) is 0 Å². The fraction of sp³-hybridized carbons (Fsp3) is 0.545. The van der Waals surface area contributed by atoms with Crippen LogP contribution in [0.5, 0.6) is 5.88 Å². The second-order valence-electron chi connectivity index (χ2n) is 4.93. The lowest BCUT2D eigenvalue weighted by Crippen LogP contribution is -2.43. The highest BCUT2D eigenvalue weighted by atomic mass is 16.6. The zero-order valence-corrected chi connectivity index (χ0v) is 10.6. The van der Waals surface area contributed by atoms with E-state index in [0.29, 0.717) is 0 Å². The number of aromatic amines is 1. The maximum atomic E-state index is 10.3. The maximum absolute atomic E-state index is 10.3. The first-order chi connectivity index (χ1) is 9.45. The molecule has 4 atom stereocenters. The van der Waals surface area contributed by atoms with Crippen LogP contribution in [0.2, 0.25) is 0 Å². The number of aromatic hydroxyl groups is 1. The molecule has 0 saturated carbocycles. The summed E-state index contributed by atoms with van der Waals surface area (Å²) in [7, 11) is 0. The van der Waals surface area contributed by atoms with E-state index in [1.807, 2.05) is 0 Å². The number of rotatable bonds is 2. The molecular weight excluding hydrogens is 268 g/mol. The van der Waals surface area contributed by atoms with Gasteiger partial charge in [-0.1, -0.05) is 0 Å². The number of hydrogen-bond donors (Lipinski definition) is 5. The lowest BCUT2D eigenvalue weighted by atomic mass is 9.92. The van der Waals surface area contributed by atoms with Gasteiger partial charge in [-0.2, -0.15) is 4.98 Å². The summed E-state index contributed by atoms with van der Waals surface area (Å²) in [4.78, 5) is 14.4. The first kappa shape index (κ1) is 13.2. The largest absolute Gasteiger partial charge is 0.492 e. The third-order valence-corrected chi connectivity index (χ3v) is 3.51. The van der Waals surface area contributed by atoms with E-state index in [-0.39, 0.29) is 22.9 Å². The Kier molecular flexibility index (Phi) is 2.87. The second kappa shape index (κ2) is 4.35. The van der Waals surface area contributed by atoms with Crippen molar-refractivity contribution >= 4 is 11.2 Å². The number of aliphatic hydroxyl groups is 3. The van der Waals surface area contributed by atoms with Gasteiger partial charge in [-0.3, -0.25) is 0 Å². The highest BCUT2D eigenvalue weighted by Gasteiger charge is 2.53. The predicted molar refractivity (Wildman–Crippen MR) is 64.7 cm³/mol. The number of fused-ring (bicyclic) bond motifs is 1. The van der Waals surface area contributed by atoms with Crippen molar-refractivity contribution in [2.45, 2.75) is 30.8 Å². The van der Waals surface area contributed by atoms with Gasteiger partial charge in [0.05, 0.1) is 6.61 Å². The van der Waals surface area contributed by atoms with Crippen molar-refractivity contribution in [1.82, 2.24) is 19.9 Å². The van der Waals surface area contributed by atoms with Crippen molar-refractivity contribution in [3.8, 4) is 5.88 Å². The fourth-order valence-corrected chi connectivity index (χ4v) is 2.36. The summed E-state index contributed by atoms with van der Waals surface area (Å²) in [5, 5.41) is 39.0. The lowest BCUT2D eigenvalue weighted by Gasteiger charge is -2.25. The first-order valence-corrected chi connectivity index (χ1v) is 6.01. The molecule has 0 radical (unpaired) electrons. The van der Waals surface area contributed by atoms with E-state index in [2.05, 4.69) is 19.9 Å². The zero-order valence-electron chi connectivity index (χ0n) is 10.6. The molecule has 1 aliphatic rings. The number of nitrogens with one attached hydrogen (secondary N) is 1. The molecule has 0 bridgehead atoms. The maximum Gasteiger partial charge on any atom is 0.240 e. The third kappa shape index (κ3) is 1.75. The average Bonchev–Trinajstić information content (AvgIpc) is 2.92. The molecule has 0 amide bonds. The molecule has 20 heavy (non-hydrogen) atoms. The quantitative estimate of drug-likeness (QED) is 0.452. The summed E-state index contributed by atoms with van der Waals surface area (Å²) in [6.45, 7) is 0.954. The molecule has 9 heteroatoms. The van der Waals surface area contributed by atoms with E-state index in [4.69, 9.17) is 9.84 Å². The number of aromatic nitrogens is 4. The first-order valence-electron chi connectivity index (χ1n) is 6.01. The molecule has 2 aromatic heterocycles. The van der Waals surface area contributed by atoms with Gasteiger partial charge >= 0.3 is 0 Å². The van der Waals surface area contributed by atoms with Gasteiger partial charge in [-0.05, 0) is 6.92 Å². The van der Waals surface area contributed by atoms with Crippen molar-refractivity contribution in [3.05, 3.63) is 12.2 Å². The van der Waals surface area contributed by atoms with Crippen molar-refractivity contribution in [2.75, 3.05) is 6.61 Å². The Bertz CT molecular complexity index is 643. The molecule has 0 unspecified atom stereocenters. The van der Waals surface area contributed by atoms with Crippen LogP contribution in [0.1, 0.15) is 18.9 Å². The SMILES string of the molecule is C[C@@]1(O)[C@H](O)[C@@H](CO)O[C@H]1c1nc2ncnc(O)c2[nH]1. The van der Waals surface area contributed by atoms with Crippen molar-refractivity contribution in [1.29, 1.82) is 0 Å². The summed E-state index contributed by atoms with van der Waals surface area (Å²) < 4.78 is 5.42. The monoisotopic (exact) mass is 282 g/mol. The topological polar surface area (TPSA) is 145 Å². The van der Waals surface area contributed by atoms with Gasteiger partial charge in [0.15, 0.2) is 5.65 Å². The van der Waals surface area contributed by atoms with E-state index in [1.165, 1.54) is 6.92 Å². The molecule has 108 valence electrons. The lowest BCUT2D eigenvalue weighted by molar-refractivity contribution is -0.0671. The molecule has 0 aromatic carbocycles. The number of H-pyrrole nitrogens is 1. The standard InChI is InChI=1S/C11H14N4O5/c1-11(19)6(17)4(2-16)20-7(11)9-14-5-8(15-9)12-3-13-10(5)18/h3-4,6-7,16-17,19H,2H2,1H3,(H2,12,13,14,15,18)/t4-,6-,7+,11-/m1/s1. The number of nitrogens with zero attached hydrogens (tertiary/aromatic N) is 3. The summed E-state index contributed by atoms with van der Waals surface area (Å²) in [6.07, 6.45) is -2.00. The number of imidazole rings is 1. The van der Waals surface area contributed by atoms with Crippen LogP contribution in [-0.4, -0.2) is 64.8 Å². The minimum absolute atomic E-state index is 0.191. The molecule has 1 aliphatic heterocycles. The summed E-state index contributed by atoms with van der Waals surface area (Å²) in [5.74, 6) is -0.0820. The Balaban J connectivity index is 2.05. The Labute approximate surface area is 112 Å². The predicted octanol–water partition coefficient (Wildman–Crippen LogP) is -1.40. The van der Waals surface area contributed by atoms with Gasteiger partial charge in [-0.15, -0.1) is 0 Å². The number of aliphatic hydroxyl groups excluding tert-OH is 2. The molecule has 3 rings (SSSR count). The van der Waals surface area contributed by atoms with Gasteiger partial charge in [0.1, 0.15) is 41.6 Å². The Morgan fingerprint density at radius 1 is 1.45 bits per heavy atom. The van der Waals surface area contributed by atoms with Crippen LogP contribution in [0, 0.1) is 0 Å². The normalized spacial score (nSPS) is 33.9. The highest BCUT2D eigenvalue weighted by molar-refractivity contribution is 5.75. The van der Waals surface area contributed by atoms with Crippen LogP contribution >= 0.6 is 0 Å². The van der Waals surface area contributed by atoms with Crippen LogP contribution < -0.4 is 0 Å². The van der Waals surface area contributed by atoms with Crippen LogP contribution in [0.25, 0.3) is 11.2 Å². The van der Waals surface area contributed by atoms with E-state index >= 15 is 0 Å². The Morgan fingerprint density at radius 3 is 2.80 bits per heavy atom. The smallest absolute Gasteiger partial charge is 0.240 e. The van der Waals surface area contributed by atoms with Gasteiger partial charge in [0.25, 0.3) is 0 Å². The molecule has 3 heterocycles. The molecule has 2 aromatic rings.